The number of nitrogens with zero attached hydrogens (tertiary/aromatic N) is 9. The standard InChI is InChI=1S/C41H46IN15O6/c1-5-46-30(15-23(3)43)38(61)50-40-48-28-17-25(36(44)59)19-32(58)34(28)55(40)12-7-8-13-56-35-29(49-41(56)51-39(62)31-16-24(4)53-57(31)6-2)18-26(37(45)60)20-33(35)63-14-10-9-11-54-22-27(52-42)21-47-54/h7-10,15-22,52,58H,5-6,11-14,43H2,1-4H3,(H2,44,59)(H2,45,60)(H,48,50,61)(H,49,51,62)/b8-7+,10-9+,23-15-,46-30?. The first kappa shape index (κ1) is 45.0. The topological polar surface area (TPSA) is 296 Å². The smallest absolute Gasteiger partial charge is 0.276 e. The number of carbonyl (C=O) groups excluding carboxylic acids is 4. The van der Waals surface area contributed by atoms with Crippen LogP contribution in [0.1, 0.15) is 57.7 Å². The quantitative estimate of drug-likeness (QED) is 0.0261. The number of nitrogens with two attached hydrogens (primary N) is 3. The summed E-state index contributed by atoms with van der Waals surface area (Å²) in [4.78, 5) is 65.3. The van der Waals surface area contributed by atoms with E-state index in [0.29, 0.717) is 47.8 Å². The molecule has 0 aliphatic rings. The Hall–Kier alpha value is -7.50. The minimum absolute atomic E-state index is 0.0143. The summed E-state index contributed by atoms with van der Waals surface area (Å²) in [6.45, 7) is 8.50. The number of phenolic OH excluding ortho intramolecular Hbond substituents is 1. The number of allylic oxidation sites excluding steroid dienone is 4. The third-order valence-corrected chi connectivity index (χ3v) is 9.91. The summed E-state index contributed by atoms with van der Waals surface area (Å²) in [6, 6.07) is 7.32. The average molecular weight is 972 g/mol. The lowest BCUT2D eigenvalue weighted by atomic mass is 10.1. The maximum absolute atomic E-state index is 13.8. The number of aliphatic imine (C=N–C) groups is 1. The van der Waals surface area contributed by atoms with Crippen LogP contribution >= 0.6 is 22.9 Å². The van der Waals surface area contributed by atoms with Crippen LogP contribution in [0.25, 0.3) is 22.1 Å². The number of halogens is 1. The van der Waals surface area contributed by atoms with Crippen LogP contribution in [0, 0.1) is 6.92 Å². The zero-order valence-electron chi connectivity index (χ0n) is 34.8. The maximum atomic E-state index is 13.8. The molecule has 0 aliphatic heterocycles. The molecule has 328 valence electrons. The molecule has 6 rings (SSSR count). The first-order valence-corrected chi connectivity index (χ1v) is 20.6. The predicted octanol–water partition coefficient (Wildman–Crippen LogP) is 4.18. The summed E-state index contributed by atoms with van der Waals surface area (Å²) in [6.07, 6.45) is 12.2. The number of primary amides is 2. The molecule has 0 fully saturated rings. The summed E-state index contributed by atoms with van der Waals surface area (Å²) in [5.74, 6) is -2.44. The van der Waals surface area contributed by atoms with E-state index in [9.17, 15) is 24.3 Å². The van der Waals surface area contributed by atoms with E-state index in [1.54, 1.807) is 65.2 Å². The summed E-state index contributed by atoms with van der Waals surface area (Å²) in [7, 11) is 0. The number of rotatable bonds is 19. The Morgan fingerprint density at radius 3 is 2.13 bits per heavy atom. The first-order chi connectivity index (χ1) is 30.2. The second-order valence-electron chi connectivity index (χ2n) is 14.0. The predicted molar refractivity (Wildman–Crippen MR) is 247 cm³/mol. The molecule has 4 aromatic heterocycles. The van der Waals surface area contributed by atoms with E-state index in [1.807, 2.05) is 42.1 Å². The van der Waals surface area contributed by atoms with Crippen molar-refractivity contribution in [1.82, 2.24) is 38.7 Å². The van der Waals surface area contributed by atoms with Crippen LogP contribution in [0.15, 0.2) is 83.8 Å². The number of hydrogen-bond donors (Lipinski definition) is 7. The van der Waals surface area contributed by atoms with E-state index in [-0.39, 0.29) is 71.0 Å². The lowest BCUT2D eigenvalue weighted by molar-refractivity contribution is -0.110. The van der Waals surface area contributed by atoms with Crippen LogP contribution in [0.5, 0.6) is 11.5 Å². The largest absolute Gasteiger partial charge is 0.506 e. The van der Waals surface area contributed by atoms with Gasteiger partial charge in [-0.3, -0.25) is 44.2 Å². The number of ether oxygens (including phenoxy) is 1. The molecule has 4 amide bonds. The fraction of sp³-hybridized carbons (Fsp3) is 0.244. The monoisotopic (exact) mass is 971 g/mol. The van der Waals surface area contributed by atoms with Gasteiger partial charge < -0.3 is 39.7 Å². The molecule has 63 heavy (non-hydrogen) atoms. The van der Waals surface area contributed by atoms with Gasteiger partial charge in [0, 0.05) is 49.2 Å². The van der Waals surface area contributed by atoms with E-state index in [2.05, 4.69) is 34.3 Å². The van der Waals surface area contributed by atoms with Gasteiger partial charge in [0.15, 0.2) is 0 Å². The Kier molecular flexibility index (Phi) is 14.2. The highest BCUT2D eigenvalue weighted by atomic mass is 127. The number of carbonyl (C=O) groups is 4. The van der Waals surface area contributed by atoms with Gasteiger partial charge in [0.05, 0.1) is 58.0 Å². The summed E-state index contributed by atoms with van der Waals surface area (Å²) >= 11 is 2.03. The molecule has 21 nitrogen and oxygen atoms in total. The van der Waals surface area contributed by atoms with Gasteiger partial charge in [-0.2, -0.15) is 10.2 Å². The van der Waals surface area contributed by atoms with Crippen LogP contribution in [-0.4, -0.2) is 86.3 Å². The van der Waals surface area contributed by atoms with Crippen LogP contribution in [-0.2, 0) is 31.0 Å². The van der Waals surface area contributed by atoms with Gasteiger partial charge in [-0.1, -0.05) is 18.2 Å². The minimum Gasteiger partial charge on any atom is -0.506 e. The molecular weight excluding hydrogens is 925 g/mol. The first-order valence-electron chi connectivity index (χ1n) is 19.6. The second-order valence-corrected chi connectivity index (χ2v) is 14.5. The lowest BCUT2D eigenvalue weighted by Gasteiger charge is -2.12. The van der Waals surface area contributed by atoms with Crippen LogP contribution < -0.4 is 36.1 Å². The van der Waals surface area contributed by atoms with Crippen molar-refractivity contribution in [2.75, 3.05) is 27.3 Å². The number of phenols is 1. The van der Waals surface area contributed by atoms with E-state index >= 15 is 0 Å². The zero-order chi connectivity index (χ0) is 45.4. The van der Waals surface area contributed by atoms with Gasteiger partial charge in [-0.25, -0.2) is 9.97 Å². The third kappa shape index (κ3) is 10.5. The van der Waals surface area contributed by atoms with Crippen molar-refractivity contribution < 1.29 is 29.0 Å². The third-order valence-electron chi connectivity index (χ3n) is 9.29. The molecular formula is C41H46IN15O6. The van der Waals surface area contributed by atoms with E-state index < -0.39 is 23.6 Å². The van der Waals surface area contributed by atoms with Gasteiger partial charge in [-0.05, 0) is 70.2 Å². The van der Waals surface area contributed by atoms with Gasteiger partial charge in [0.2, 0.25) is 23.7 Å². The Labute approximate surface area is 374 Å². The van der Waals surface area contributed by atoms with Crippen molar-refractivity contribution in [3.63, 3.8) is 0 Å². The Balaban J connectivity index is 1.38. The number of hydrogen-bond acceptors (Lipinski definition) is 13. The molecule has 0 bridgehead atoms. The SMILES string of the molecule is CCN=C(/C=C(/C)N)C(=O)Nc1nc2cc(C(N)=O)cc(O)c2n1C/C=C/Cn1c(NC(=O)c2cc(C)nn2CC)nc2cc(C(N)=O)cc(OC/C=C/Cn3cc(NI)cn3)c21. The molecule has 0 saturated carbocycles. The molecule has 2 aromatic carbocycles. The Morgan fingerprint density at radius 1 is 0.873 bits per heavy atom. The van der Waals surface area contributed by atoms with Gasteiger partial charge in [0.1, 0.15) is 40.5 Å². The Morgan fingerprint density at radius 2 is 1.51 bits per heavy atom. The normalized spacial score (nSPS) is 12.2. The lowest BCUT2D eigenvalue weighted by Crippen LogP contribution is -2.24. The number of aromatic hydroxyl groups is 1. The van der Waals surface area contributed by atoms with Crippen LogP contribution in [0.4, 0.5) is 17.6 Å². The van der Waals surface area contributed by atoms with Crippen LogP contribution in [0.3, 0.4) is 0 Å². The highest BCUT2D eigenvalue weighted by Crippen LogP contribution is 2.32. The average Bonchev–Trinajstić information content (AvgIpc) is 4.03. The van der Waals surface area contributed by atoms with E-state index in [4.69, 9.17) is 26.9 Å². The number of benzene rings is 2. The van der Waals surface area contributed by atoms with Crippen molar-refractivity contribution >= 4 is 91.9 Å². The molecule has 6 aromatic rings. The van der Waals surface area contributed by atoms with Crippen molar-refractivity contribution in [3.8, 4) is 11.5 Å². The highest BCUT2D eigenvalue weighted by molar-refractivity contribution is 14.1. The molecule has 0 radical (unpaired) electrons. The number of anilines is 3. The molecule has 0 saturated heterocycles. The van der Waals surface area contributed by atoms with Crippen molar-refractivity contribution in [1.29, 1.82) is 0 Å². The zero-order valence-corrected chi connectivity index (χ0v) is 37.0. The maximum Gasteiger partial charge on any atom is 0.276 e. The second kappa shape index (κ2) is 19.9. The molecule has 0 aliphatic carbocycles. The molecule has 22 heteroatoms. The summed E-state index contributed by atoms with van der Waals surface area (Å²) in [5.41, 5.74) is 20.7. The number of imidazole rings is 2. The highest BCUT2D eigenvalue weighted by Gasteiger charge is 2.23. The fourth-order valence-electron chi connectivity index (χ4n) is 6.55. The molecule has 0 unspecified atom stereocenters. The van der Waals surface area contributed by atoms with Gasteiger partial charge >= 0.3 is 0 Å². The van der Waals surface area contributed by atoms with Gasteiger partial charge in [0.25, 0.3) is 11.8 Å². The van der Waals surface area contributed by atoms with Crippen molar-refractivity contribution in [3.05, 3.63) is 101 Å². The summed E-state index contributed by atoms with van der Waals surface area (Å²) in [5, 5.41) is 25.5. The van der Waals surface area contributed by atoms with Crippen LogP contribution in [0.2, 0.25) is 0 Å². The van der Waals surface area contributed by atoms with Gasteiger partial charge in [-0.15, -0.1) is 0 Å². The minimum atomic E-state index is -0.780. The van der Waals surface area contributed by atoms with E-state index in [1.165, 1.54) is 34.9 Å². The molecule has 4 heterocycles. The number of aromatic nitrogens is 8. The molecule has 0 atom stereocenters. The van der Waals surface area contributed by atoms with Crippen molar-refractivity contribution in [2.45, 2.75) is 53.9 Å². The number of amides is 4. The fourth-order valence-corrected chi connectivity index (χ4v) is 6.83. The summed E-state index contributed by atoms with van der Waals surface area (Å²) < 4.78 is 15.8. The number of aryl methyl sites for hydroxylation is 2. The molecule has 0 spiro atoms. The molecule has 10 N–H and O–H groups in total. The number of fused-ring (bicyclic) bond motifs is 2. The number of nitrogens with one attached hydrogen (secondary N) is 3. The van der Waals surface area contributed by atoms with E-state index in [0.717, 1.165) is 5.69 Å². The van der Waals surface area contributed by atoms with Crippen molar-refractivity contribution in [2.24, 2.45) is 22.2 Å². The Bertz CT molecular complexity index is 2840.